The molecular formula is C22H17N3O2. The molecule has 0 atom stereocenters. The molecule has 27 heavy (non-hydrogen) atoms. The molecule has 132 valence electrons. The average Bonchev–Trinajstić information content (AvgIpc) is 2.73. The van der Waals surface area contributed by atoms with Gasteiger partial charge in [-0.3, -0.25) is 4.79 Å². The lowest BCUT2D eigenvalue weighted by atomic mass is 10.1. The fraction of sp³-hybridized carbons (Fsp3) is 0.0455. The van der Waals surface area contributed by atoms with E-state index in [1.807, 2.05) is 72.8 Å². The number of benzene rings is 3. The Balaban J connectivity index is 1.50. The molecule has 0 saturated heterocycles. The first-order chi connectivity index (χ1) is 13.3. The molecule has 5 heteroatoms. The average molecular weight is 355 g/mol. The van der Waals surface area contributed by atoms with Crippen LogP contribution < -0.4 is 10.1 Å². The molecule has 0 bridgehead atoms. The number of amides is 1. The number of carbonyl (C=O) groups is 1. The molecular weight excluding hydrogens is 338 g/mol. The standard InChI is InChI=1S/C22H17N3O2/c26-22(25-19-12-6-10-17-9-4-5-11-18(17)19)20-13-21(24-15-23-20)27-14-16-7-2-1-3-8-16/h1-13,15H,14H2,(H,25,26). The molecule has 0 spiro atoms. The molecule has 0 aliphatic carbocycles. The first kappa shape index (κ1) is 16.7. The minimum absolute atomic E-state index is 0.251. The fourth-order valence-electron chi connectivity index (χ4n) is 2.79. The third kappa shape index (κ3) is 3.93. The number of hydrogen-bond acceptors (Lipinski definition) is 4. The summed E-state index contributed by atoms with van der Waals surface area (Å²) in [5.41, 5.74) is 2.02. The van der Waals surface area contributed by atoms with Crippen molar-refractivity contribution >= 4 is 22.4 Å². The number of rotatable bonds is 5. The molecule has 0 aliphatic heterocycles. The quantitative estimate of drug-likeness (QED) is 0.574. The minimum Gasteiger partial charge on any atom is -0.473 e. The van der Waals surface area contributed by atoms with Crippen molar-refractivity contribution in [3.63, 3.8) is 0 Å². The molecule has 3 aromatic carbocycles. The summed E-state index contributed by atoms with van der Waals surface area (Å²) < 4.78 is 5.67. The van der Waals surface area contributed by atoms with Gasteiger partial charge < -0.3 is 10.1 Å². The van der Waals surface area contributed by atoms with Gasteiger partial charge in [0.25, 0.3) is 5.91 Å². The maximum atomic E-state index is 12.6. The lowest BCUT2D eigenvalue weighted by Crippen LogP contribution is -2.14. The van der Waals surface area contributed by atoms with Crippen molar-refractivity contribution < 1.29 is 9.53 Å². The third-order valence-electron chi connectivity index (χ3n) is 4.14. The number of carbonyl (C=O) groups excluding carboxylic acids is 1. The summed E-state index contributed by atoms with van der Waals surface area (Å²) in [7, 11) is 0. The Morgan fingerprint density at radius 1 is 0.889 bits per heavy atom. The Morgan fingerprint density at radius 2 is 1.67 bits per heavy atom. The van der Waals surface area contributed by atoms with Crippen LogP contribution in [0.3, 0.4) is 0 Å². The number of hydrogen-bond donors (Lipinski definition) is 1. The van der Waals surface area contributed by atoms with Crippen molar-refractivity contribution in [1.82, 2.24) is 9.97 Å². The Hall–Kier alpha value is -3.73. The van der Waals surface area contributed by atoms with Crippen molar-refractivity contribution in [2.75, 3.05) is 5.32 Å². The summed E-state index contributed by atoms with van der Waals surface area (Å²) in [5, 5.41) is 4.95. The van der Waals surface area contributed by atoms with E-state index in [9.17, 15) is 4.79 Å². The monoisotopic (exact) mass is 355 g/mol. The Labute approximate surface area is 156 Å². The van der Waals surface area contributed by atoms with Crippen molar-refractivity contribution in [1.29, 1.82) is 0 Å². The van der Waals surface area contributed by atoms with E-state index in [1.54, 1.807) is 6.07 Å². The first-order valence-electron chi connectivity index (χ1n) is 8.57. The summed E-state index contributed by atoms with van der Waals surface area (Å²) >= 11 is 0. The number of anilines is 1. The van der Waals surface area contributed by atoms with Gasteiger partial charge in [-0.05, 0) is 17.0 Å². The van der Waals surface area contributed by atoms with Gasteiger partial charge in [-0.25, -0.2) is 9.97 Å². The minimum atomic E-state index is -0.307. The molecule has 5 nitrogen and oxygen atoms in total. The highest BCUT2D eigenvalue weighted by molar-refractivity contribution is 6.08. The number of aromatic nitrogens is 2. The maximum absolute atomic E-state index is 12.6. The molecule has 1 amide bonds. The van der Waals surface area contributed by atoms with Gasteiger partial charge in [-0.15, -0.1) is 0 Å². The molecule has 4 aromatic rings. The van der Waals surface area contributed by atoms with E-state index in [1.165, 1.54) is 6.33 Å². The highest BCUT2D eigenvalue weighted by Crippen LogP contribution is 2.23. The fourth-order valence-corrected chi connectivity index (χ4v) is 2.79. The first-order valence-corrected chi connectivity index (χ1v) is 8.57. The van der Waals surface area contributed by atoms with Crippen LogP contribution in [0.4, 0.5) is 5.69 Å². The maximum Gasteiger partial charge on any atom is 0.274 e. The van der Waals surface area contributed by atoms with Gasteiger partial charge in [0.15, 0.2) is 0 Å². The van der Waals surface area contributed by atoms with E-state index in [2.05, 4.69) is 15.3 Å². The topological polar surface area (TPSA) is 64.1 Å². The van der Waals surface area contributed by atoms with E-state index >= 15 is 0 Å². The van der Waals surface area contributed by atoms with E-state index in [4.69, 9.17) is 4.74 Å². The predicted molar refractivity (Wildman–Crippen MR) is 105 cm³/mol. The lowest BCUT2D eigenvalue weighted by Gasteiger charge is -2.09. The molecule has 1 N–H and O–H groups in total. The van der Waals surface area contributed by atoms with Crippen molar-refractivity contribution in [2.45, 2.75) is 6.61 Å². The lowest BCUT2D eigenvalue weighted by molar-refractivity contribution is 0.102. The number of fused-ring (bicyclic) bond motifs is 1. The van der Waals surface area contributed by atoms with E-state index in [0.29, 0.717) is 12.5 Å². The zero-order valence-electron chi connectivity index (χ0n) is 14.5. The SMILES string of the molecule is O=C(Nc1cccc2ccccc12)c1cc(OCc2ccccc2)ncn1. The summed E-state index contributed by atoms with van der Waals surface area (Å²) in [5.74, 6) is 0.0511. The van der Waals surface area contributed by atoms with Crippen molar-refractivity contribution in [3.05, 3.63) is 96.4 Å². The Bertz CT molecular complexity index is 1080. The zero-order chi connectivity index (χ0) is 18.5. The summed E-state index contributed by atoms with van der Waals surface area (Å²) in [6.07, 6.45) is 1.33. The second kappa shape index (κ2) is 7.66. The number of ether oxygens (including phenoxy) is 1. The van der Waals surface area contributed by atoms with Gasteiger partial charge in [0.2, 0.25) is 5.88 Å². The Kier molecular flexibility index (Phi) is 4.74. The van der Waals surface area contributed by atoms with Crippen LogP contribution in [-0.2, 0) is 6.61 Å². The summed E-state index contributed by atoms with van der Waals surface area (Å²) in [6.45, 7) is 0.377. The van der Waals surface area contributed by atoms with Crippen LogP contribution in [0.25, 0.3) is 10.8 Å². The molecule has 0 radical (unpaired) electrons. The molecule has 1 heterocycles. The number of nitrogens with one attached hydrogen (secondary N) is 1. The van der Waals surface area contributed by atoms with Gasteiger partial charge >= 0.3 is 0 Å². The molecule has 4 rings (SSSR count). The van der Waals surface area contributed by atoms with E-state index < -0.39 is 0 Å². The molecule has 0 saturated carbocycles. The third-order valence-corrected chi connectivity index (χ3v) is 4.14. The molecule has 1 aromatic heterocycles. The second-order valence-electron chi connectivity index (χ2n) is 6.00. The van der Waals surface area contributed by atoms with Gasteiger partial charge in [0.1, 0.15) is 18.6 Å². The largest absolute Gasteiger partial charge is 0.473 e. The van der Waals surface area contributed by atoms with Gasteiger partial charge in [-0.2, -0.15) is 0 Å². The van der Waals surface area contributed by atoms with Crippen LogP contribution in [0.2, 0.25) is 0 Å². The molecule has 0 fully saturated rings. The van der Waals surface area contributed by atoms with Gasteiger partial charge in [-0.1, -0.05) is 66.7 Å². The van der Waals surface area contributed by atoms with Crippen LogP contribution >= 0.6 is 0 Å². The van der Waals surface area contributed by atoms with Crippen LogP contribution in [-0.4, -0.2) is 15.9 Å². The molecule has 0 aliphatic rings. The predicted octanol–water partition coefficient (Wildman–Crippen LogP) is 4.46. The Morgan fingerprint density at radius 3 is 2.56 bits per heavy atom. The van der Waals surface area contributed by atoms with Gasteiger partial charge in [0, 0.05) is 17.1 Å². The van der Waals surface area contributed by atoms with Gasteiger partial charge in [0.05, 0.1) is 0 Å². The van der Waals surface area contributed by atoms with Crippen LogP contribution in [0.1, 0.15) is 16.1 Å². The smallest absolute Gasteiger partial charge is 0.274 e. The zero-order valence-corrected chi connectivity index (χ0v) is 14.5. The highest BCUT2D eigenvalue weighted by Gasteiger charge is 2.11. The van der Waals surface area contributed by atoms with Crippen LogP contribution in [0, 0.1) is 0 Å². The van der Waals surface area contributed by atoms with Crippen LogP contribution in [0.5, 0.6) is 5.88 Å². The number of nitrogens with zero attached hydrogens (tertiary/aromatic N) is 2. The van der Waals surface area contributed by atoms with Crippen molar-refractivity contribution in [3.8, 4) is 5.88 Å². The van der Waals surface area contributed by atoms with E-state index in [0.717, 1.165) is 22.0 Å². The highest BCUT2D eigenvalue weighted by atomic mass is 16.5. The summed E-state index contributed by atoms with van der Waals surface area (Å²) in [6, 6.07) is 25.0. The summed E-state index contributed by atoms with van der Waals surface area (Å²) in [4.78, 5) is 20.8. The normalized spacial score (nSPS) is 10.5. The van der Waals surface area contributed by atoms with Crippen molar-refractivity contribution in [2.24, 2.45) is 0 Å². The second-order valence-corrected chi connectivity index (χ2v) is 6.00. The van der Waals surface area contributed by atoms with E-state index in [-0.39, 0.29) is 11.6 Å². The van der Waals surface area contributed by atoms with Crippen LogP contribution in [0.15, 0.2) is 85.2 Å². The molecule has 0 unspecified atom stereocenters.